The van der Waals surface area contributed by atoms with Gasteiger partial charge in [0.15, 0.2) is 0 Å². The molecule has 0 bridgehead atoms. The molecular formula is C42H62NO2P2Ru+2. The standard InChI is InChI=1S/C39H55NP2.2CHO.CH3.Ru/c1-5-19-34(20-6-1)41(35-21-7-2-8-22-35)28-32-17-13-15-30-27-31-16-14-18-33(39(31)40-38(30)32)29-42(36-23-9-3-10-24-36)37-25-11-4-12-26-37;2*1-2;;/h13-18,27,34-37H,1-12,19-26,28-29H2;2*1H;1H3;/q;3*-1;+3/p+2. The molecule has 4 fully saturated rings. The Kier molecular flexibility index (Phi) is 19.0. The van der Waals surface area contributed by atoms with Gasteiger partial charge in [-0.15, -0.1) is 0 Å². The SMILES string of the molecule is [CH-]=O.[CH-]=O.[CH3-].[Ru+3].c1cc(C[PH+](C2CCCCC2)C2CCCCC2)c2nc3c(C[PH+](C4CCCCC4)C4CCCCC4)cccc3cc2c1. The number of fused-ring (bicyclic) bond motifs is 2. The van der Waals surface area contributed by atoms with Crippen LogP contribution in [0.2, 0.25) is 0 Å². The maximum Gasteiger partial charge on any atom is 3.00 e. The molecule has 0 saturated heterocycles. The molecule has 3 aromatic rings. The van der Waals surface area contributed by atoms with Crippen LogP contribution in [0.1, 0.15) is 140 Å². The molecule has 4 aliphatic carbocycles. The molecule has 4 aliphatic rings. The van der Waals surface area contributed by atoms with Gasteiger partial charge in [0.05, 0.1) is 46.0 Å². The van der Waals surface area contributed by atoms with Gasteiger partial charge >= 0.3 is 19.5 Å². The summed E-state index contributed by atoms with van der Waals surface area (Å²) in [4.78, 5) is 21.2. The summed E-state index contributed by atoms with van der Waals surface area (Å²) in [7, 11) is -0.867. The second-order valence-electron chi connectivity index (χ2n) is 14.8. The van der Waals surface area contributed by atoms with Crippen LogP contribution in [-0.2, 0) is 41.4 Å². The first-order valence-corrected chi connectivity index (χ1v) is 22.5. The third-order valence-electron chi connectivity index (χ3n) is 12.1. The van der Waals surface area contributed by atoms with E-state index < -0.39 is 15.8 Å². The van der Waals surface area contributed by atoms with Crippen molar-refractivity contribution in [3.63, 3.8) is 0 Å². The summed E-state index contributed by atoms with van der Waals surface area (Å²) in [6.45, 7) is 6.50. The van der Waals surface area contributed by atoms with Gasteiger partial charge in [-0.1, -0.05) is 62.1 Å². The molecule has 0 spiro atoms. The van der Waals surface area contributed by atoms with Gasteiger partial charge in [0, 0.05) is 37.7 Å². The minimum atomic E-state index is -0.433. The second kappa shape index (κ2) is 22.0. The molecule has 2 aromatic carbocycles. The molecule has 6 heteroatoms. The molecule has 263 valence electrons. The first-order chi connectivity index (χ1) is 22.8. The zero-order valence-corrected chi connectivity index (χ0v) is 33.4. The summed E-state index contributed by atoms with van der Waals surface area (Å²) >= 11 is 0. The predicted molar refractivity (Wildman–Crippen MR) is 211 cm³/mol. The Morgan fingerprint density at radius 2 is 0.792 bits per heavy atom. The normalized spacial score (nSPS) is 19.9. The zero-order chi connectivity index (χ0) is 32.1. The van der Waals surface area contributed by atoms with E-state index in [9.17, 15) is 0 Å². The van der Waals surface area contributed by atoms with E-state index in [-0.39, 0.29) is 26.9 Å². The van der Waals surface area contributed by atoms with Crippen LogP contribution >= 0.6 is 15.8 Å². The number of aromatic nitrogens is 1. The van der Waals surface area contributed by atoms with Crippen LogP contribution in [0.4, 0.5) is 0 Å². The largest absolute Gasteiger partial charge is 3.00 e. The molecule has 1 radical (unpaired) electrons. The number of pyridine rings is 1. The van der Waals surface area contributed by atoms with Crippen molar-refractivity contribution < 1.29 is 29.1 Å². The Balaban J connectivity index is 0.00000101. The smallest absolute Gasteiger partial charge is 0.545 e. The van der Waals surface area contributed by atoms with Gasteiger partial charge < -0.3 is 17.0 Å². The van der Waals surface area contributed by atoms with Crippen molar-refractivity contribution in [2.24, 2.45) is 0 Å². The first kappa shape index (κ1) is 41.4. The van der Waals surface area contributed by atoms with Gasteiger partial charge in [0.1, 0.15) is 0 Å². The third kappa shape index (κ3) is 10.5. The van der Waals surface area contributed by atoms with Gasteiger partial charge in [0.25, 0.3) is 0 Å². The number of nitrogens with zero attached hydrogens (tertiary/aromatic N) is 1. The van der Waals surface area contributed by atoms with Gasteiger partial charge in [-0.2, -0.15) is 0 Å². The Hall–Kier alpha value is -1.07. The van der Waals surface area contributed by atoms with E-state index >= 15 is 0 Å². The number of hydrogen-bond donors (Lipinski definition) is 0. The quantitative estimate of drug-likeness (QED) is 0.0753. The van der Waals surface area contributed by atoms with Crippen molar-refractivity contribution in [2.75, 3.05) is 0 Å². The number of rotatable bonds is 8. The summed E-state index contributed by atoms with van der Waals surface area (Å²) in [6.07, 6.45) is 32.6. The monoisotopic (exact) mass is 776 g/mol. The van der Waals surface area contributed by atoms with E-state index in [0.717, 1.165) is 22.6 Å². The van der Waals surface area contributed by atoms with Crippen molar-refractivity contribution in [3.05, 3.63) is 61.0 Å². The molecule has 3 nitrogen and oxygen atoms in total. The van der Waals surface area contributed by atoms with Gasteiger partial charge in [-0.3, -0.25) is 13.6 Å². The molecule has 4 saturated carbocycles. The number of para-hydroxylation sites is 2. The molecule has 0 atom stereocenters. The predicted octanol–water partition coefficient (Wildman–Crippen LogP) is 12.0. The molecular weight excluding hydrogens is 713 g/mol. The summed E-state index contributed by atoms with van der Waals surface area (Å²) in [5.74, 6) is 0. The van der Waals surface area contributed by atoms with Crippen molar-refractivity contribution in [3.8, 4) is 0 Å². The zero-order valence-electron chi connectivity index (χ0n) is 29.7. The molecule has 1 aromatic heterocycles. The summed E-state index contributed by atoms with van der Waals surface area (Å²) in [5.41, 5.74) is 10.1. The topological polar surface area (TPSA) is 47.0 Å². The van der Waals surface area contributed by atoms with Crippen molar-refractivity contribution in [2.45, 2.75) is 163 Å². The fraction of sp³-hybridized carbons (Fsp3) is 0.619. The Morgan fingerprint density at radius 1 is 0.500 bits per heavy atom. The number of hydrogen-bond acceptors (Lipinski definition) is 3. The summed E-state index contributed by atoms with van der Waals surface area (Å²) in [5, 5.41) is 2.77. The number of carbonyl (C=O) groups excluding carboxylic acids is 2. The summed E-state index contributed by atoms with van der Waals surface area (Å²) < 4.78 is 0. The van der Waals surface area contributed by atoms with Gasteiger partial charge in [-0.05, 0) is 109 Å². The van der Waals surface area contributed by atoms with Crippen LogP contribution in [0.5, 0.6) is 0 Å². The second-order valence-corrected chi connectivity index (χ2v) is 21.1. The maximum atomic E-state index is 7.75. The molecule has 0 aliphatic heterocycles. The Morgan fingerprint density at radius 3 is 1.08 bits per heavy atom. The van der Waals surface area contributed by atoms with Gasteiger partial charge in [-0.25, -0.2) is 4.98 Å². The van der Waals surface area contributed by atoms with E-state index in [1.807, 2.05) is 0 Å². The van der Waals surface area contributed by atoms with Crippen molar-refractivity contribution >= 4 is 51.2 Å². The van der Waals surface area contributed by atoms with Crippen molar-refractivity contribution in [1.82, 2.24) is 4.98 Å². The number of benzene rings is 2. The molecule has 0 N–H and O–H groups in total. The van der Waals surface area contributed by atoms with Crippen LogP contribution in [0.15, 0.2) is 42.5 Å². The van der Waals surface area contributed by atoms with E-state index in [2.05, 4.69) is 56.0 Å². The van der Waals surface area contributed by atoms with Crippen molar-refractivity contribution in [1.29, 1.82) is 0 Å². The molecule has 1 heterocycles. The minimum absolute atomic E-state index is 0. The maximum absolute atomic E-state index is 7.75. The molecule has 7 rings (SSSR count). The molecule has 0 amide bonds. The fourth-order valence-corrected chi connectivity index (χ4v) is 18.4. The minimum Gasteiger partial charge on any atom is -0.545 e. The van der Waals surface area contributed by atoms with E-state index in [1.165, 1.54) is 163 Å². The van der Waals surface area contributed by atoms with E-state index in [0.29, 0.717) is 0 Å². The van der Waals surface area contributed by atoms with Gasteiger partial charge in [0.2, 0.25) is 0 Å². The van der Waals surface area contributed by atoms with E-state index in [1.54, 1.807) is 11.1 Å². The Labute approximate surface area is 308 Å². The molecule has 48 heavy (non-hydrogen) atoms. The van der Waals surface area contributed by atoms with Crippen LogP contribution in [0, 0.1) is 7.43 Å². The summed E-state index contributed by atoms with van der Waals surface area (Å²) in [6, 6.07) is 16.9. The van der Waals surface area contributed by atoms with Crippen LogP contribution in [-0.4, -0.2) is 41.2 Å². The Bertz CT molecular complexity index is 1210. The van der Waals surface area contributed by atoms with E-state index in [4.69, 9.17) is 14.6 Å². The third-order valence-corrected chi connectivity index (χ3v) is 20.2. The van der Waals surface area contributed by atoms with Crippen LogP contribution in [0.25, 0.3) is 21.8 Å². The molecule has 0 unspecified atom stereocenters. The van der Waals surface area contributed by atoms with Crippen LogP contribution in [0.3, 0.4) is 0 Å². The first-order valence-electron chi connectivity index (χ1n) is 18.8. The fourth-order valence-electron chi connectivity index (χ4n) is 9.87. The van der Waals surface area contributed by atoms with Crippen LogP contribution < -0.4 is 0 Å². The average Bonchev–Trinajstić information content (AvgIpc) is 3.15. The average molecular weight is 776 g/mol.